The number of aliphatic carboxylic acids is 1. The van der Waals surface area contributed by atoms with Gasteiger partial charge in [0.15, 0.2) is 0 Å². The smallest absolute Gasteiger partial charge is 0.451 e. The summed E-state index contributed by atoms with van der Waals surface area (Å²) in [5.74, 6) is -0.405. The van der Waals surface area contributed by atoms with Crippen molar-refractivity contribution in [3.8, 4) is 0 Å². The zero-order valence-electron chi connectivity index (χ0n) is 12.7. The van der Waals surface area contributed by atoms with Crippen molar-refractivity contribution < 1.29 is 24.7 Å². The van der Waals surface area contributed by atoms with Crippen molar-refractivity contribution in [1.29, 1.82) is 0 Å². The lowest BCUT2D eigenvalue weighted by Gasteiger charge is -2.37. The van der Waals surface area contributed by atoms with E-state index in [1.807, 2.05) is 0 Å². The molecule has 2 heterocycles. The lowest BCUT2D eigenvalue weighted by Crippen LogP contribution is -2.54. The highest BCUT2D eigenvalue weighted by atomic mass is 16.5. The predicted molar refractivity (Wildman–Crippen MR) is 80.1 cm³/mol. The number of hydrogen-bond donors (Lipinski definition) is 4. The molecule has 2 saturated heterocycles. The maximum absolute atomic E-state index is 11.7. The molecule has 3 aliphatic rings. The van der Waals surface area contributed by atoms with Crippen molar-refractivity contribution in [1.82, 2.24) is 4.90 Å². The molecule has 0 unspecified atom stereocenters. The summed E-state index contributed by atoms with van der Waals surface area (Å²) in [4.78, 5) is 14.1. The van der Waals surface area contributed by atoms with Gasteiger partial charge in [0, 0.05) is 13.1 Å². The first-order valence-electron chi connectivity index (χ1n) is 8.12. The number of nitrogens with two attached hydrogens (primary N) is 1. The van der Waals surface area contributed by atoms with E-state index in [1.54, 1.807) is 0 Å². The molecule has 0 radical (unpaired) electrons. The number of hydrogen-bond acceptors (Lipinski definition) is 6. The fourth-order valence-corrected chi connectivity index (χ4v) is 4.54. The van der Waals surface area contributed by atoms with Gasteiger partial charge >= 0.3 is 13.1 Å². The van der Waals surface area contributed by atoms with Crippen LogP contribution in [-0.4, -0.2) is 71.0 Å². The first kappa shape index (κ1) is 16.2. The molecule has 22 heavy (non-hydrogen) atoms. The average molecular weight is 312 g/mol. The van der Waals surface area contributed by atoms with Gasteiger partial charge in [0.1, 0.15) is 5.54 Å². The zero-order chi connectivity index (χ0) is 15.9. The fourth-order valence-electron chi connectivity index (χ4n) is 4.54. The summed E-state index contributed by atoms with van der Waals surface area (Å²) >= 11 is 0. The van der Waals surface area contributed by atoms with Crippen LogP contribution in [0.2, 0.25) is 6.32 Å². The van der Waals surface area contributed by atoms with Gasteiger partial charge in [-0.2, -0.15) is 0 Å². The normalized spacial score (nSPS) is 38.8. The molecular weight excluding hydrogens is 287 g/mol. The van der Waals surface area contributed by atoms with Gasteiger partial charge in [-0.1, -0.05) is 6.42 Å². The maximum atomic E-state index is 11.7. The number of ether oxygens (including phenoxy) is 1. The van der Waals surface area contributed by atoms with Crippen LogP contribution >= 0.6 is 0 Å². The number of carboxylic acid groups (broad SMARTS) is 1. The Labute approximate surface area is 130 Å². The Morgan fingerprint density at radius 2 is 2.09 bits per heavy atom. The highest BCUT2D eigenvalue weighted by Gasteiger charge is 2.58. The van der Waals surface area contributed by atoms with Gasteiger partial charge < -0.3 is 25.6 Å². The highest BCUT2D eigenvalue weighted by Crippen LogP contribution is 2.50. The molecule has 0 bridgehead atoms. The van der Waals surface area contributed by atoms with Gasteiger partial charge in [-0.25, -0.2) is 0 Å². The molecule has 0 aromatic rings. The van der Waals surface area contributed by atoms with Crippen molar-refractivity contribution in [2.24, 2.45) is 23.5 Å². The van der Waals surface area contributed by atoms with E-state index < -0.39 is 18.6 Å². The predicted octanol–water partition coefficient (Wildman–Crippen LogP) is -1.01. The quantitative estimate of drug-likeness (QED) is 0.464. The number of likely N-dealkylation sites (tertiary alicyclic amines) is 1. The Hall–Kier alpha value is -0.665. The summed E-state index contributed by atoms with van der Waals surface area (Å²) in [5, 5.41) is 27.6. The molecule has 0 aromatic heterocycles. The molecule has 5 N–H and O–H groups in total. The molecular formula is C14H25BN2O5. The Morgan fingerprint density at radius 3 is 2.64 bits per heavy atom. The Bertz CT molecular complexity index is 433. The van der Waals surface area contributed by atoms with Crippen LogP contribution in [0.15, 0.2) is 0 Å². The third-order valence-electron chi connectivity index (χ3n) is 5.81. The second-order valence-electron chi connectivity index (χ2n) is 7.14. The Morgan fingerprint density at radius 1 is 1.36 bits per heavy atom. The van der Waals surface area contributed by atoms with E-state index >= 15 is 0 Å². The van der Waals surface area contributed by atoms with E-state index in [0.717, 1.165) is 26.3 Å². The SMILES string of the molecule is N[C@@]1(C(=O)O)C[C@H]2CN(C3COC3)C[C@H]2[C@@H]1CCCB(O)O. The number of carboxylic acids is 1. The summed E-state index contributed by atoms with van der Waals surface area (Å²) in [6.07, 6.45) is 2.01. The van der Waals surface area contributed by atoms with Crippen LogP contribution < -0.4 is 5.73 Å². The topological polar surface area (TPSA) is 116 Å². The van der Waals surface area contributed by atoms with Crippen LogP contribution in [0.5, 0.6) is 0 Å². The van der Waals surface area contributed by atoms with Crippen molar-refractivity contribution in [2.45, 2.75) is 37.2 Å². The van der Waals surface area contributed by atoms with E-state index in [2.05, 4.69) is 4.90 Å². The molecule has 0 aromatic carbocycles. The van der Waals surface area contributed by atoms with E-state index in [0.29, 0.717) is 31.2 Å². The molecule has 7 nitrogen and oxygen atoms in total. The monoisotopic (exact) mass is 312 g/mol. The van der Waals surface area contributed by atoms with Crippen molar-refractivity contribution >= 4 is 13.1 Å². The third-order valence-corrected chi connectivity index (χ3v) is 5.81. The minimum absolute atomic E-state index is 0.0975. The molecule has 124 valence electrons. The van der Waals surface area contributed by atoms with Crippen LogP contribution in [0.4, 0.5) is 0 Å². The molecule has 3 rings (SSSR count). The van der Waals surface area contributed by atoms with Crippen LogP contribution in [0, 0.1) is 17.8 Å². The van der Waals surface area contributed by atoms with Gasteiger partial charge in [-0.15, -0.1) is 0 Å². The molecule has 0 amide bonds. The van der Waals surface area contributed by atoms with E-state index in [1.165, 1.54) is 0 Å². The maximum Gasteiger partial charge on any atom is 0.451 e. The summed E-state index contributed by atoms with van der Waals surface area (Å²) in [5.41, 5.74) is 5.08. The molecule has 1 aliphatic carbocycles. The summed E-state index contributed by atoms with van der Waals surface area (Å²) in [7, 11) is -1.33. The fraction of sp³-hybridized carbons (Fsp3) is 0.929. The highest BCUT2D eigenvalue weighted by molar-refractivity contribution is 6.40. The van der Waals surface area contributed by atoms with Gasteiger partial charge in [0.05, 0.1) is 19.3 Å². The average Bonchev–Trinajstić information content (AvgIpc) is 2.84. The summed E-state index contributed by atoms with van der Waals surface area (Å²) in [6, 6.07) is 0.475. The second kappa shape index (κ2) is 6.09. The number of carbonyl (C=O) groups is 1. The molecule has 1 saturated carbocycles. The van der Waals surface area contributed by atoms with E-state index in [4.69, 9.17) is 20.5 Å². The number of rotatable bonds is 6. The minimum Gasteiger partial charge on any atom is -0.480 e. The number of fused-ring (bicyclic) bond motifs is 1. The second-order valence-corrected chi connectivity index (χ2v) is 7.14. The molecule has 3 fully saturated rings. The number of nitrogens with zero attached hydrogens (tertiary/aromatic N) is 1. The van der Waals surface area contributed by atoms with Gasteiger partial charge in [-0.05, 0) is 36.9 Å². The molecule has 8 heteroatoms. The van der Waals surface area contributed by atoms with Gasteiger partial charge in [0.2, 0.25) is 0 Å². The first-order chi connectivity index (χ1) is 10.4. The van der Waals surface area contributed by atoms with Crippen LogP contribution in [-0.2, 0) is 9.53 Å². The minimum atomic E-state index is -1.33. The van der Waals surface area contributed by atoms with E-state index in [9.17, 15) is 9.90 Å². The van der Waals surface area contributed by atoms with Crippen molar-refractivity contribution in [2.75, 3.05) is 26.3 Å². The van der Waals surface area contributed by atoms with Crippen LogP contribution in [0.3, 0.4) is 0 Å². The van der Waals surface area contributed by atoms with Crippen LogP contribution in [0.1, 0.15) is 19.3 Å². The molecule has 2 aliphatic heterocycles. The van der Waals surface area contributed by atoms with Crippen molar-refractivity contribution in [3.05, 3.63) is 0 Å². The largest absolute Gasteiger partial charge is 0.480 e. The van der Waals surface area contributed by atoms with Gasteiger partial charge in [0.25, 0.3) is 0 Å². The third kappa shape index (κ3) is 2.78. The lowest BCUT2D eigenvalue weighted by atomic mass is 9.76. The van der Waals surface area contributed by atoms with Crippen molar-refractivity contribution in [3.63, 3.8) is 0 Å². The summed E-state index contributed by atoms with van der Waals surface area (Å²) < 4.78 is 5.25. The lowest BCUT2D eigenvalue weighted by molar-refractivity contribution is -0.145. The van der Waals surface area contributed by atoms with E-state index in [-0.39, 0.29) is 18.2 Å². The summed E-state index contributed by atoms with van der Waals surface area (Å²) in [6.45, 7) is 3.34. The molecule has 0 spiro atoms. The van der Waals surface area contributed by atoms with Gasteiger partial charge in [-0.3, -0.25) is 9.69 Å². The first-order valence-corrected chi connectivity index (χ1v) is 8.12. The Kier molecular flexibility index (Phi) is 4.48. The Balaban J connectivity index is 1.68. The standard InChI is InChI=1S/C14H25BN2O5/c16-14(13(18)19)4-9-5-17(10-7-22-8-10)6-11(9)12(14)2-1-3-15(20)21/h9-12,20-21H,1-8,16H2,(H,18,19)/t9-,11+,12-,14-/m0/s1. The van der Waals surface area contributed by atoms with Crippen LogP contribution in [0.25, 0.3) is 0 Å². The molecule has 4 atom stereocenters. The zero-order valence-corrected chi connectivity index (χ0v) is 12.7.